The van der Waals surface area contributed by atoms with E-state index in [1.807, 2.05) is 58.1 Å². The molecule has 4 rings (SSSR count). The lowest BCUT2D eigenvalue weighted by molar-refractivity contribution is -0.140. The number of aliphatic imine (C=N–C) groups is 1. The van der Waals surface area contributed by atoms with Crippen LogP contribution < -0.4 is 47.9 Å². The summed E-state index contributed by atoms with van der Waals surface area (Å²) < 4.78 is 55.7. The average molecular weight is 1400 g/mol. The van der Waals surface area contributed by atoms with E-state index in [-0.39, 0.29) is 54.3 Å². The quantitative estimate of drug-likeness (QED) is 0.0196. The fraction of sp³-hybridized carbons (Fsp3) is 0.508. The number of nitrogens with one attached hydrogen (secondary N) is 7. The van der Waals surface area contributed by atoms with Gasteiger partial charge in [0.2, 0.25) is 41.4 Å². The Hall–Kier alpha value is -9.25. The summed E-state index contributed by atoms with van der Waals surface area (Å²) in [5, 5.41) is 63.6. The van der Waals surface area contributed by atoms with Crippen molar-refractivity contribution in [1.29, 1.82) is 0 Å². The zero-order valence-electron chi connectivity index (χ0n) is 54.3. The number of nitrogens with zero attached hydrogens (tertiary/aromatic N) is 2. The SMILES string of the molecule is CN[C@H](CCC(=O)O)C(=O)N[C@H](CCC(=O)O)C(=O)N[C@H](CCC(=O)O)C(=O)N[C@H](CCC(=O)O)C(=O)N[C@H](CCC(=O)O)C(=O)N[C@H](CCCCNC(=O)CCCCCN1/C(=C/C=C/C=C/C2=Nc3ccc(S(=O)O)cc3C2(C)C)C(C)(C)c2cc(S(=O)(=O)O)ccc21)C(N)=O. The number of aliphatic carboxylic acids is 5. The van der Waals surface area contributed by atoms with Crippen molar-refractivity contribution in [3.8, 4) is 0 Å². The van der Waals surface area contributed by atoms with Crippen LogP contribution >= 0.6 is 0 Å². The predicted molar refractivity (Wildman–Crippen MR) is 350 cm³/mol. The van der Waals surface area contributed by atoms with Crippen molar-refractivity contribution in [2.24, 2.45) is 10.7 Å². The van der Waals surface area contributed by atoms with E-state index in [0.29, 0.717) is 37.1 Å². The smallest absolute Gasteiger partial charge is 0.303 e. The molecule has 2 aromatic rings. The molecule has 0 radical (unpaired) electrons. The van der Waals surface area contributed by atoms with Crippen LogP contribution in [0.5, 0.6) is 0 Å². The van der Waals surface area contributed by atoms with Gasteiger partial charge in [-0.2, -0.15) is 8.42 Å². The molecule has 32 nitrogen and oxygen atoms in total. The molecule has 2 aliphatic rings. The standard InChI is InChI=1S/C63H86N10O22S2/c1-62(2)38-34-36(96(91)92)18-20-40(38)67-48(62)15-8-6-9-16-49-63(3,4)39-35-37(97(93,94)95)19-26-47(39)73(49)33-13-7-10-17-50(74)66-32-12-11-14-41(56(64)85)68-58(87)43(22-28-52(77)78)70-60(89)45(24-30-54(81)82)72-61(90)46(25-31-55(83)84)71-59(88)44(23-29-53(79)80)69-57(86)42(65-5)21-27-51(75)76/h6,8-9,15-16,18-20,26,34-35,41-46,65H,7,10-14,17,21-25,27-33H2,1-5H3,(H2,64,85)(H,66,74)(H,68,87)(H,69,86)(H,70,89)(H,71,88)(H,72,90)(H,75,76)(H,77,78)(H,79,80)(H,81,82)(H,83,84)(H,91,92)(H,93,94,95)/b9-6+,15-8+,49-16+/t41-,42-,43-,44-,45-,46-/m1/s1. The molecule has 0 spiro atoms. The minimum absolute atomic E-state index is 0.0994. The van der Waals surface area contributed by atoms with E-state index in [1.54, 1.807) is 24.3 Å². The van der Waals surface area contributed by atoms with Crippen molar-refractivity contribution in [2.75, 3.05) is 25.0 Å². The lowest BCUT2D eigenvalue weighted by Crippen LogP contribution is -2.59. The number of anilines is 1. The monoisotopic (exact) mass is 1400 g/mol. The van der Waals surface area contributed by atoms with Crippen molar-refractivity contribution in [3.63, 3.8) is 0 Å². The molecule has 1 unspecified atom stereocenters. The summed E-state index contributed by atoms with van der Waals surface area (Å²) in [7, 11) is -3.21. The number of amides is 7. The highest BCUT2D eigenvalue weighted by molar-refractivity contribution is 7.85. The number of carboxylic acids is 5. The molecule has 2 aliphatic heterocycles. The number of likely N-dealkylation sites (N-methyl/N-ethyl adjacent to an activating group) is 1. The summed E-state index contributed by atoms with van der Waals surface area (Å²) in [6.45, 7) is 8.43. The number of hydrogen-bond donors (Lipinski definition) is 15. The number of allylic oxidation sites excluding steroid dienone is 6. The van der Waals surface area contributed by atoms with Gasteiger partial charge in [-0.05, 0) is 131 Å². The van der Waals surface area contributed by atoms with Crippen molar-refractivity contribution >= 4 is 109 Å². The summed E-state index contributed by atoms with van der Waals surface area (Å²) in [6.07, 6.45) is 5.08. The van der Waals surface area contributed by atoms with Gasteiger partial charge in [0.05, 0.1) is 27.2 Å². The first-order valence-electron chi connectivity index (χ1n) is 31.1. The molecule has 0 fully saturated rings. The Bertz CT molecular complexity index is 3550. The number of carboxylic acid groups (broad SMARTS) is 5. The van der Waals surface area contributed by atoms with E-state index in [1.165, 1.54) is 19.2 Å². The molecule has 0 saturated heterocycles. The largest absolute Gasteiger partial charge is 0.481 e. The number of hydrogen-bond acceptors (Lipinski definition) is 18. The maximum absolute atomic E-state index is 13.9. The number of carbonyl (C=O) groups is 12. The Morgan fingerprint density at radius 3 is 1.49 bits per heavy atom. The molecule has 0 aliphatic carbocycles. The van der Waals surface area contributed by atoms with Crippen LogP contribution in [0.1, 0.15) is 148 Å². The van der Waals surface area contributed by atoms with Crippen LogP contribution in [0, 0.1) is 0 Å². The molecule has 7 amide bonds. The molecule has 7 atom stereocenters. The average Bonchev–Trinajstić information content (AvgIpc) is 1.60. The Morgan fingerprint density at radius 2 is 1.04 bits per heavy atom. The number of nitrogens with two attached hydrogens (primary N) is 1. The lowest BCUT2D eigenvalue weighted by atomic mass is 9.81. The summed E-state index contributed by atoms with van der Waals surface area (Å²) in [5.74, 6) is -14.2. The van der Waals surface area contributed by atoms with Crippen LogP contribution in [0.25, 0.3) is 0 Å². The maximum atomic E-state index is 13.9. The van der Waals surface area contributed by atoms with Gasteiger partial charge < -0.3 is 77.9 Å². The first-order valence-corrected chi connectivity index (χ1v) is 33.7. The highest BCUT2D eigenvalue weighted by atomic mass is 32.2. The Kier molecular flexibility index (Phi) is 30.8. The van der Waals surface area contributed by atoms with Crippen molar-refractivity contribution in [1.82, 2.24) is 37.2 Å². The third-order valence-electron chi connectivity index (χ3n) is 16.2. The van der Waals surface area contributed by atoms with Gasteiger partial charge in [0.15, 0.2) is 11.1 Å². The van der Waals surface area contributed by atoms with E-state index in [4.69, 9.17) is 15.8 Å². The van der Waals surface area contributed by atoms with Gasteiger partial charge >= 0.3 is 29.8 Å². The van der Waals surface area contributed by atoms with Crippen molar-refractivity contribution in [2.45, 2.75) is 194 Å². The van der Waals surface area contributed by atoms with Crippen LogP contribution in [0.15, 0.2) is 87.3 Å². The van der Waals surface area contributed by atoms with E-state index in [0.717, 1.165) is 22.7 Å². The molecule has 34 heteroatoms. The first-order chi connectivity index (χ1) is 45.5. The van der Waals surface area contributed by atoms with Crippen LogP contribution in [0.4, 0.5) is 11.4 Å². The molecule has 97 heavy (non-hydrogen) atoms. The Morgan fingerprint density at radius 1 is 0.567 bits per heavy atom. The normalized spacial score (nSPS) is 16.3. The molecule has 0 saturated carbocycles. The number of fused-ring (bicyclic) bond motifs is 2. The zero-order valence-corrected chi connectivity index (χ0v) is 55.9. The fourth-order valence-electron chi connectivity index (χ4n) is 10.8. The van der Waals surface area contributed by atoms with Gasteiger partial charge in [-0.3, -0.25) is 67.1 Å². The highest BCUT2D eigenvalue weighted by Crippen LogP contribution is 2.49. The second kappa shape index (κ2) is 37.3. The molecule has 16 N–H and O–H groups in total. The predicted octanol–water partition coefficient (Wildman–Crippen LogP) is 2.34. The van der Waals surface area contributed by atoms with Crippen LogP contribution in [0.2, 0.25) is 0 Å². The molecule has 2 heterocycles. The molecular formula is C63H86N10O22S2. The summed E-state index contributed by atoms with van der Waals surface area (Å²) in [5.41, 5.74) is 8.87. The van der Waals surface area contributed by atoms with Crippen molar-refractivity contribution in [3.05, 3.63) is 83.6 Å². The topological polar surface area (TPSA) is 523 Å². The van der Waals surface area contributed by atoms with Gasteiger partial charge in [-0.25, -0.2) is 4.21 Å². The number of benzene rings is 2. The number of carbonyl (C=O) groups excluding carboxylic acids is 7. The van der Waals surface area contributed by atoms with Crippen LogP contribution in [-0.2, 0) is 89.6 Å². The zero-order chi connectivity index (χ0) is 72.5. The number of rotatable bonds is 43. The third kappa shape index (κ3) is 25.0. The fourth-order valence-corrected chi connectivity index (χ4v) is 11.7. The summed E-state index contributed by atoms with van der Waals surface area (Å²) >= 11 is -2.15. The minimum Gasteiger partial charge on any atom is -0.481 e. The molecular weight excluding hydrogens is 1310 g/mol. The first kappa shape index (κ1) is 80.2. The highest BCUT2D eigenvalue weighted by Gasteiger charge is 2.41. The van der Waals surface area contributed by atoms with Gasteiger partial charge in [-0.1, -0.05) is 52.3 Å². The minimum atomic E-state index is -4.53. The molecule has 0 aromatic heterocycles. The maximum Gasteiger partial charge on any atom is 0.303 e. The van der Waals surface area contributed by atoms with E-state index in [2.05, 4.69) is 42.1 Å². The second-order valence-electron chi connectivity index (χ2n) is 24.1. The van der Waals surface area contributed by atoms with Crippen LogP contribution in [0.3, 0.4) is 0 Å². The van der Waals surface area contributed by atoms with Crippen molar-refractivity contribution < 1.29 is 105 Å². The molecule has 0 bridgehead atoms. The summed E-state index contributed by atoms with van der Waals surface area (Å²) in [4.78, 5) is 158. The van der Waals surface area contributed by atoms with Gasteiger partial charge in [0.25, 0.3) is 10.1 Å². The number of unbranched alkanes of at least 4 members (excludes halogenated alkanes) is 3. The molecule has 2 aromatic carbocycles. The Labute approximate surface area is 562 Å². The van der Waals surface area contributed by atoms with Gasteiger partial charge in [0, 0.05) is 73.8 Å². The Balaban J connectivity index is 1.36. The van der Waals surface area contributed by atoms with E-state index >= 15 is 0 Å². The third-order valence-corrected chi connectivity index (χ3v) is 17.7. The van der Waals surface area contributed by atoms with Gasteiger partial charge in [0.1, 0.15) is 30.2 Å². The molecule has 532 valence electrons. The summed E-state index contributed by atoms with van der Waals surface area (Å²) in [6, 6.07) is -0.464. The lowest BCUT2D eigenvalue weighted by Gasteiger charge is -2.27. The second-order valence-corrected chi connectivity index (χ2v) is 26.5. The van der Waals surface area contributed by atoms with Gasteiger partial charge in [-0.15, -0.1) is 0 Å². The van der Waals surface area contributed by atoms with E-state index in [9.17, 15) is 99.7 Å². The van der Waals surface area contributed by atoms with Crippen LogP contribution in [-0.4, -0.2) is 181 Å². The van der Waals surface area contributed by atoms with E-state index < -0.39 is 191 Å². The number of primary amides is 1.